The molecule has 0 rings (SSSR count). The topological polar surface area (TPSA) is 70.6 Å². The normalized spacial score (nSPS) is 13.1. The van der Waals surface area contributed by atoms with Crippen molar-refractivity contribution >= 4 is 5.96 Å². The molecule has 4 heteroatoms. The average Bonchev–Trinajstić information content (AvgIpc) is 2.15. The second-order valence-corrected chi connectivity index (χ2v) is 3.16. The van der Waals surface area contributed by atoms with E-state index in [-0.39, 0.29) is 0 Å². The molecule has 4 N–H and O–H groups in total. The van der Waals surface area contributed by atoms with Crippen LogP contribution >= 0.6 is 0 Å². The van der Waals surface area contributed by atoms with Crippen LogP contribution in [0.15, 0.2) is 4.99 Å². The number of aliphatic hydroxyl groups is 1. The van der Waals surface area contributed by atoms with Crippen molar-refractivity contribution in [3.05, 3.63) is 0 Å². The van der Waals surface area contributed by atoms with Gasteiger partial charge in [0.05, 0.1) is 12.1 Å². The van der Waals surface area contributed by atoms with Gasteiger partial charge in [0.2, 0.25) is 0 Å². The van der Waals surface area contributed by atoms with Crippen LogP contribution in [0.2, 0.25) is 0 Å². The smallest absolute Gasteiger partial charge is 0.188 e. The summed E-state index contributed by atoms with van der Waals surface area (Å²) in [6.45, 7) is 6.98. The van der Waals surface area contributed by atoms with Crippen molar-refractivity contribution < 1.29 is 5.11 Å². The summed E-state index contributed by atoms with van der Waals surface area (Å²) in [5.41, 5.74) is 4.83. The lowest BCUT2D eigenvalue weighted by molar-refractivity contribution is 0.0418. The zero-order valence-electron chi connectivity index (χ0n) is 8.80. The monoisotopic (exact) mass is 187 g/mol. The van der Waals surface area contributed by atoms with Crippen LogP contribution in [-0.4, -0.2) is 29.8 Å². The number of nitrogens with one attached hydrogen (secondary N) is 1. The lowest BCUT2D eigenvalue weighted by atomic mass is 9.98. The molecule has 0 aliphatic carbocycles. The summed E-state index contributed by atoms with van der Waals surface area (Å²) in [7, 11) is 0. The zero-order valence-corrected chi connectivity index (χ0v) is 8.80. The first-order valence-corrected chi connectivity index (χ1v) is 4.84. The van der Waals surface area contributed by atoms with Gasteiger partial charge in [-0.1, -0.05) is 13.8 Å². The molecule has 0 bridgehead atoms. The molecule has 13 heavy (non-hydrogen) atoms. The maximum absolute atomic E-state index is 9.86. The van der Waals surface area contributed by atoms with E-state index in [1.807, 2.05) is 20.8 Å². The Bertz CT molecular complexity index is 164. The van der Waals surface area contributed by atoms with Crippen molar-refractivity contribution in [3.63, 3.8) is 0 Å². The fraction of sp³-hybridized carbons (Fsp3) is 0.889. The summed E-state index contributed by atoms with van der Waals surface area (Å²) >= 11 is 0. The fourth-order valence-electron chi connectivity index (χ4n) is 0.943. The minimum absolute atomic E-state index is 0.374. The van der Waals surface area contributed by atoms with Crippen LogP contribution in [-0.2, 0) is 0 Å². The van der Waals surface area contributed by atoms with Gasteiger partial charge in [-0.05, 0) is 19.8 Å². The molecule has 0 saturated heterocycles. The van der Waals surface area contributed by atoms with E-state index >= 15 is 0 Å². The highest BCUT2D eigenvalue weighted by Gasteiger charge is 2.21. The Kier molecular flexibility index (Phi) is 5.46. The van der Waals surface area contributed by atoms with Crippen molar-refractivity contribution in [1.29, 1.82) is 0 Å². The highest BCUT2D eigenvalue weighted by atomic mass is 16.3. The third kappa shape index (κ3) is 4.72. The SMILES string of the molecule is CCNC(N)=NCC(O)(CC)CC. The van der Waals surface area contributed by atoms with Crippen molar-refractivity contribution in [2.24, 2.45) is 10.7 Å². The lowest BCUT2D eigenvalue weighted by Crippen LogP contribution is -2.36. The highest BCUT2D eigenvalue weighted by Crippen LogP contribution is 2.14. The molecular weight excluding hydrogens is 166 g/mol. The molecule has 0 aromatic carbocycles. The van der Waals surface area contributed by atoms with Crippen molar-refractivity contribution in [2.75, 3.05) is 13.1 Å². The van der Waals surface area contributed by atoms with Crippen LogP contribution in [0.3, 0.4) is 0 Å². The van der Waals surface area contributed by atoms with Gasteiger partial charge in [-0.15, -0.1) is 0 Å². The van der Waals surface area contributed by atoms with E-state index in [4.69, 9.17) is 5.73 Å². The maximum Gasteiger partial charge on any atom is 0.188 e. The van der Waals surface area contributed by atoms with Crippen LogP contribution in [0, 0.1) is 0 Å². The van der Waals surface area contributed by atoms with Crippen LogP contribution in [0.25, 0.3) is 0 Å². The molecule has 0 aliphatic rings. The Hall–Kier alpha value is -0.770. The number of nitrogens with zero attached hydrogens (tertiary/aromatic N) is 1. The van der Waals surface area contributed by atoms with E-state index in [2.05, 4.69) is 10.3 Å². The van der Waals surface area contributed by atoms with E-state index in [9.17, 15) is 5.11 Å². The summed E-state index contributed by atoms with van der Waals surface area (Å²) in [5.74, 6) is 0.405. The Morgan fingerprint density at radius 2 is 1.92 bits per heavy atom. The second-order valence-electron chi connectivity index (χ2n) is 3.16. The van der Waals surface area contributed by atoms with E-state index < -0.39 is 5.60 Å². The third-order valence-electron chi connectivity index (χ3n) is 2.22. The molecule has 0 amide bonds. The van der Waals surface area contributed by atoms with Gasteiger partial charge in [-0.2, -0.15) is 0 Å². The van der Waals surface area contributed by atoms with E-state index in [1.54, 1.807) is 0 Å². The molecule has 0 aliphatic heterocycles. The third-order valence-corrected chi connectivity index (χ3v) is 2.22. The van der Waals surface area contributed by atoms with Crippen molar-refractivity contribution in [1.82, 2.24) is 5.32 Å². The number of hydrogen-bond acceptors (Lipinski definition) is 2. The van der Waals surface area contributed by atoms with E-state index in [1.165, 1.54) is 0 Å². The van der Waals surface area contributed by atoms with Crippen molar-refractivity contribution in [2.45, 2.75) is 39.2 Å². The standard InChI is InChI=1S/C9H21N3O/c1-4-9(13,5-2)7-12-8(10)11-6-3/h13H,4-7H2,1-3H3,(H3,10,11,12). The van der Waals surface area contributed by atoms with Gasteiger partial charge in [-0.3, -0.25) is 4.99 Å². The van der Waals surface area contributed by atoms with Gasteiger partial charge in [0.25, 0.3) is 0 Å². The van der Waals surface area contributed by atoms with Gasteiger partial charge in [0.1, 0.15) is 0 Å². The van der Waals surface area contributed by atoms with Gasteiger partial charge in [0.15, 0.2) is 5.96 Å². The van der Waals surface area contributed by atoms with Crippen molar-refractivity contribution in [3.8, 4) is 0 Å². The maximum atomic E-state index is 9.86. The zero-order chi connectivity index (χ0) is 10.3. The molecule has 0 saturated carbocycles. The van der Waals surface area contributed by atoms with Gasteiger partial charge < -0.3 is 16.2 Å². The molecule has 0 atom stereocenters. The second kappa shape index (κ2) is 5.80. The molecule has 0 radical (unpaired) electrons. The molecule has 0 spiro atoms. The first-order valence-electron chi connectivity index (χ1n) is 4.84. The molecule has 0 fully saturated rings. The predicted molar refractivity (Wildman–Crippen MR) is 55.7 cm³/mol. The summed E-state index contributed by atoms with van der Waals surface area (Å²) < 4.78 is 0. The molecule has 0 aromatic rings. The number of rotatable bonds is 5. The number of nitrogens with two attached hydrogens (primary N) is 1. The number of guanidine groups is 1. The van der Waals surface area contributed by atoms with Crippen LogP contribution in [0.1, 0.15) is 33.6 Å². The Balaban J connectivity index is 4.03. The fourth-order valence-corrected chi connectivity index (χ4v) is 0.943. The van der Waals surface area contributed by atoms with E-state index in [0.29, 0.717) is 25.3 Å². The summed E-state index contributed by atoms with van der Waals surface area (Å²) in [5, 5.41) is 12.7. The van der Waals surface area contributed by atoms with Gasteiger partial charge in [0, 0.05) is 6.54 Å². The summed E-state index contributed by atoms with van der Waals surface area (Å²) in [4.78, 5) is 4.06. The summed E-state index contributed by atoms with van der Waals surface area (Å²) in [6, 6.07) is 0. The summed E-state index contributed by atoms with van der Waals surface area (Å²) in [6.07, 6.45) is 1.40. The molecular formula is C9H21N3O. The van der Waals surface area contributed by atoms with Crippen LogP contribution < -0.4 is 11.1 Å². The van der Waals surface area contributed by atoms with Crippen LogP contribution in [0.5, 0.6) is 0 Å². The molecule has 0 unspecified atom stereocenters. The molecule has 0 aromatic heterocycles. The van der Waals surface area contributed by atoms with Gasteiger partial charge >= 0.3 is 0 Å². The quantitative estimate of drug-likeness (QED) is 0.432. The van der Waals surface area contributed by atoms with E-state index in [0.717, 1.165) is 6.54 Å². The number of hydrogen-bond donors (Lipinski definition) is 3. The minimum Gasteiger partial charge on any atom is -0.388 e. The molecule has 0 heterocycles. The molecule has 4 nitrogen and oxygen atoms in total. The first kappa shape index (κ1) is 12.2. The predicted octanol–water partition coefficient (Wildman–Crippen LogP) is 0.462. The Morgan fingerprint density at radius 3 is 2.31 bits per heavy atom. The largest absolute Gasteiger partial charge is 0.388 e. The van der Waals surface area contributed by atoms with Gasteiger partial charge in [-0.25, -0.2) is 0 Å². The molecule has 78 valence electrons. The number of aliphatic imine (C=N–C) groups is 1. The van der Waals surface area contributed by atoms with Crippen LogP contribution in [0.4, 0.5) is 0 Å². The Labute approximate surface area is 80.2 Å². The average molecular weight is 187 g/mol. The highest BCUT2D eigenvalue weighted by molar-refractivity contribution is 5.77. The Morgan fingerprint density at radius 1 is 1.38 bits per heavy atom. The lowest BCUT2D eigenvalue weighted by Gasteiger charge is -2.22. The first-order chi connectivity index (χ1) is 6.08. The minimum atomic E-state index is -0.694.